The SMILES string of the molecule is COc1nc(N)nc(N(C)CC(=O)N(C)C)n1. The van der Waals surface area contributed by atoms with Gasteiger partial charge in [-0.3, -0.25) is 4.79 Å². The van der Waals surface area contributed by atoms with Crippen molar-refractivity contribution >= 4 is 17.8 Å². The van der Waals surface area contributed by atoms with Crippen LogP contribution < -0.4 is 15.4 Å². The predicted octanol–water partition coefficient (Wildman–Crippen LogP) is -1.01. The Kier molecular flexibility index (Phi) is 4.02. The molecule has 0 aliphatic heterocycles. The highest BCUT2D eigenvalue weighted by atomic mass is 16.5. The molecule has 1 rings (SSSR count). The van der Waals surface area contributed by atoms with Gasteiger partial charge in [0, 0.05) is 21.1 Å². The summed E-state index contributed by atoms with van der Waals surface area (Å²) in [6.07, 6.45) is 0. The Bertz CT molecular complexity index is 408. The third-order valence-electron chi connectivity index (χ3n) is 2.02. The summed E-state index contributed by atoms with van der Waals surface area (Å²) in [5.41, 5.74) is 5.50. The van der Waals surface area contributed by atoms with Crippen molar-refractivity contribution in [2.75, 3.05) is 45.4 Å². The van der Waals surface area contributed by atoms with Gasteiger partial charge in [-0.15, -0.1) is 0 Å². The number of hydrogen-bond donors (Lipinski definition) is 1. The molecule has 0 aliphatic rings. The van der Waals surface area contributed by atoms with Crippen LogP contribution >= 0.6 is 0 Å². The monoisotopic (exact) mass is 240 g/mol. The average molecular weight is 240 g/mol. The molecule has 94 valence electrons. The van der Waals surface area contributed by atoms with Gasteiger partial charge in [0.05, 0.1) is 13.7 Å². The second kappa shape index (κ2) is 5.28. The Balaban J connectivity index is 2.84. The van der Waals surface area contributed by atoms with Crippen LogP contribution in [0.3, 0.4) is 0 Å². The molecule has 0 unspecified atom stereocenters. The molecule has 0 bridgehead atoms. The number of aromatic nitrogens is 3. The van der Waals surface area contributed by atoms with Crippen molar-refractivity contribution in [3.8, 4) is 6.01 Å². The van der Waals surface area contributed by atoms with Gasteiger partial charge >= 0.3 is 6.01 Å². The van der Waals surface area contributed by atoms with Crippen molar-refractivity contribution < 1.29 is 9.53 Å². The number of hydrogen-bond acceptors (Lipinski definition) is 7. The summed E-state index contributed by atoms with van der Waals surface area (Å²) in [6.45, 7) is 0.152. The Morgan fingerprint density at radius 1 is 1.29 bits per heavy atom. The maximum atomic E-state index is 11.5. The van der Waals surface area contributed by atoms with Crippen LogP contribution in [-0.4, -0.2) is 60.6 Å². The van der Waals surface area contributed by atoms with E-state index >= 15 is 0 Å². The second-order valence-corrected chi connectivity index (χ2v) is 3.62. The quantitative estimate of drug-likeness (QED) is 0.719. The van der Waals surface area contributed by atoms with Crippen molar-refractivity contribution in [2.45, 2.75) is 0 Å². The van der Waals surface area contributed by atoms with Crippen LogP contribution in [0.2, 0.25) is 0 Å². The van der Waals surface area contributed by atoms with Crippen LogP contribution in [-0.2, 0) is 4.79 Å². The number of nitrogens with zero attached hydrogens (tertiary/aromatic N) is 5. The summed E-state index contributed by atoms with van der Waals surface area (Å²) in [7, 11) is 6.48. The van der Waals surface area contributed by atoms with E-state index in [9.17, 15) is 4.79 Å². The Hall–Kier alpha value is -2.12. The molecular formula is C9H16N6O2. The van der Waals surface area contributed by atoms with E-state index in [-0.39, 0.29) is 24.4 Å². The lowest BCUT2D eigenvalue weighted by Crippen LogP contribution is -2.35. The van der Waals surface area contributed by atoms with Crippen LogP contribution in [0.5, 0.6) is 6.01 Å². The minimum atomic E-state index is -0.0644. The molecule has 1 heterocycles. The molecule has 17 heavy (non-hydrogen) atoms. The van der Waals surface area contributed by atoms with Crippen molar-refractivity contribution in [3.63, 3.8) is 0 Å². The topological polar surface area (TPSA) is 97.5 Å². The van der Waals surface area contributed by atoms with Crippen LogP contribution in [0.1, 0.15) is 0 Å². The molecule has 0 saturated heterocycles. The maximum Gasteiger partial charge on any atom is 0.322 e. The first kappa shape index (κ1) is 12.9. The maximum absolute atomic E-state index is 11.5. The predicted molar refractivity (Wildman–Crippen MR) is 62.8 cm³/mol. The van der Waals surface area contributed by atoms with Gasteiger partial charge in [0.25, 0.3) is 0 Å². The molecular weight excluding hydrogens is 224 g/mol. The van der Waals surface area contributed by atoms with Gasteiger partial charge in [-0.1, -0.05) is 0 Å². The van der Waals surface area contributed by atoms with Gasteiger partial charge in [0.1, 0.15) is 0 Å². The number of nitrogen functional groups attached to an aromatic ring is 1. The molecule has 0 aromatic carbocycles. The minimum absolute atomic E-state index is 0.0519. The number of rotatable bonds is 4. The van der Waals surface area contributed by atoms with E-state index in [1.165, 1.54) is 12.0 Å². The molecule has 0 saturated carbocycles. The fourth-order valence-corrected chi connectivity index (χ4v) is 1.04. The zero-order valence-corrected chi connectivity index (χ0v) is 10.3. The first-order chi connectivity index (χ1) is 7.93. The van der Waals surface area contributed by atoms with Crippen molar-refractivity contribution in [1.29, 1.82) is 0 Å². The normalized spacial score (nSPS) is 9.88. The first-order valence-corrected chi connectivity index (χ1v) is 4.91. The number of ether oxygens (including phenoxy) is 1. The molecule has 1 aromatic rings. The Morgan fingerprint density at radius 2 is 1.94 bits per heavy atom. The van der Waals surface area contributed by atoms with E-state index in [1.54, 1.807) is 26.0 Å². The smallest absolute Gasteiger partial charge is 0.322 e. The van der Waals surface area contributed by atoms with Crippen LogP contribution in [0.15, 0.2) is 0 Å². The number of amides is 1. The third-order valence-corrected chi connectivity index (χ3v) is 2.02. The number of carbonyl (C=O) groups is 1. The molecule has 2 N–H and O–H groups in total. The summed E-state index contributed by atoms with van der Waals surface area (Å²) in [5, 5.41) is 0. The molecule has 8 nitrogen and oxygen atoms in total. The molecule has 1 aromatic heterocycles. The van der Waals surface area contributed by atoms with Crippen LogP contribution in [0.4, 0.5) is 11.9 Å². The van der Waals surface area contributed by atoms with E-state index < -0.39 is 0 Å². The number of nitrogens with two attached hydrogens (primary N) is 1. The average Bonchev–Trinajstić information content (AvgIpc) is 2.27. The summed E-state index contributed by atoms with van der Waals surface area (Å²) < 4.78 is 4.87. The highest BCUT2D eigenvalue weighted by Crippen LogP contribution is 2.11. The second-order valence-electron chi connectivity index (χ2n) is 3.62. The number of carbonyl (C=O) groups excluding carboxylic acids is 1. The molecule has 0 aliphatic carbocycles. The van der Waals surface area contributed by atoms with E-state index in [0.29, 0.717) is 5.95 Å². The molecule has 0 fully saturated rings. The van der Waals surface area contributed by atoms with Crippen LogP contribution in [0, 0.1) is 0 Å². The highest BCUT2D eigenvalue weighted by Gasteiger charge is 2.13. The van der Waals surface area contributed by atoms with Crippen molar-refractivity contribution in [1.82, 2.24) is 19.9 Å². The van der Waals surface area contributed by atoms with Gasteiger partial charge in [-0.05, 0) is 0 Å². The van der Waals surface area contributed by atoms with Gasteiger partial charge < -0.3 is 20.3 Å². The third kappa shape index (κ3) is 3.44. The fourth-order valence-electron chi connectivity index (χ4n) is 1.04. The van der Waals surface area contributed by atoms with Gasteiger partial charge in [-0.25, -0.2) is 0 Å². The van der Waals surface area contributed by atoms with E-state index in [2.05, 4.69) is 15.0 Å². The Labute approximate surface area is 99.4 Å². The standard InChI is InChI=1S/C9H16N6O2/c1-14(2)6(16)5-15(3)8-11-7(10)12-9(13-8)17-4/h5H2,1-4H3,(H2,10,11,12,13). The van der Waals surface area contributed by atoms with E-state index in [1.807, 2.05) is 0 Å². The lowest BCUT2D eigenvalue weighted by Gasteiger charge is -2.19. The molecule has 0 spiro atoms. The summed E-state index contributed by atoms with van der Waals surface area (Å²) >= 11 is 0. The van der Waals surface area contributed by atoms with Gasteiger partial charge in [-0.2, -0.15) is 15.0 Å². The molecule has 0 atom stereocenters. The first-order valence-electron chi connectivity index (χ1n) is 4.91. The fraction of sp³-hybridized carbons (Fsp3) is 0.556. The highest BCUT2D eigenvalue weighted by molar-refractivity contribution is 5.80. The van der Waals surface area contributed by atoms with Crippen LogP contribution in [0.25, 0.3) is 0 Å². The zero-order valence-electron chi connectivity index (χ0n) is 10.3. The molecule has 1 amide bonds. The lowest BCUT2D eigenvalue weighted by atomic mass is 10.5. The number of anilines is 2. The summed E-state index contributed by atoms with van der Waals surface area (Å²) in [5.74, 6) is 0.283. The van der Waals surface area contributed by atoms with Crippen molar-refractivity contribution in [3.05, 3.63) is 0 Å². The van der Waals surface area contributed by atoms with E-state index in [0.717, 1.165) is 0 Å². The Morgan fingerprint density at radius 3 is 2.47 bits per heavy atom. The lowest BCUT2D eigenvalue weighted by molar-refractivity contribution is -0.127. The zero-order chi connectivity index (χ0) is 13.0. The summed E-state index contributed by atoms with van der Waals surface area (Å²) in [4.78, 5) is 26.3. The molecule has 8 heteroatoms. The largest absolute Gasteiger partial charge is 0.467 e. The molecule has 0 radical (unpaired) electrons. The van der Waals surface area contributed by atoms with Gasteiger partial charge in [0.2, 0.25) is 17.8 Å². The summed E-state index contributed by atoms with van der Waals surface area (Å²) in [6, 6.07) is 0.122. The van der Waals surface area contributed by atoms with E-state index in [4.69, 9.17) is 10.5 Å². The van der Waals surface area contributed by atoms with Crippen molar-refractivity contribution in [2.24, 2.45) is 0 Å². The number of methoxy groups -OCH3 is 1. The van der Waals surface area contributed by atoms with Gasteiger partial charge in [0.15, 0.2) is 0 Å². The number of likely N-dealkylation sites (N-methyl/N-ethyl adjacent to an activating group) is 2. The minimum Gasteiger partial charge on any atom is -0.467 e.